The van der Waals surface area contributed by atoms with E-state index in [9.17, 15) is 13.2 Å². The summed E-state index contributed by atoms with van der Waals surface area (Å²) < 4.78 is 40.8. The van der Waals surface area contributed by atoms with Crippen LogP contribution in [0.5, 0.6) is 0 Å². The van der Waals surface area contributed by atoms with Gasteiger partial charge in [-0.1, -0.05) is 6.92 Å². The Morgan fingerprint density at radius 3 is 2.50 bits per heavy atom. The van der Waals surface area contributed by atoms with Gasteiger partial charge in [-0.3, -0.25) is 0 Å². The van der Waals surface area contributed by atoms with Crippen molar-refractivity contribution >= 4 is 11.3 Å². The normalized spacial score (nSPS) is 12.6. The van der Waals surface area contributed by atoms with Crippen molar-refractivity contribution in [3.63, 3.8) is 0 Å². The molecular weight excluding hydrogens is 285 g/mol. The quantitative estimate of drug-likeness (QED) is 0.876. The van der Waals surface area contributed by atoms with Gasteiger partial charge in [-0.2, -0.15) is 0 Å². The van der Waals surface area contributed by atoms with Gasteiger partial charge in [0.2, 0.25) is 0 Å². The van der Waals surface area contributed by atoms with Gasteiger partial charge in [0, 0.05) is 41.7 Å². The fraction of sp³-hybridized carbons (Fsp3) is 0.357. The molecule has 0 bridgehead atoms. The highest BCUT2D eigenvalue weighted by Crippen LogP contribution is 2.26. The second kappa shape index (κ2) is 6.85. The third kappa shape index (κ3) is 3.58. The summed E-state index contributed by atoms with van der Waals surface area (Å²) in [4.78, 5) is 4.13. The van der Waals surface area contributed by atoms with Gasteiger partial charge in [-0.05, 0) is 13.0 Å². The van der Waals surface area contributed by atoms with E-state index in [0.29, 0.717) is 25.1 Å². The zero-order valence-corrected chi connectivity index (χ0v) is 11.8. The molecule has 0 saturated heterocycles. The van der Waals surface area contributed by atoms with E-state index in [1.165, 1.54) is 11.3 Å². The zero-order chi connectivity index (χ0) is 14.5. The summed E-state index contributed by atoms with van der Waals surface area (Å²) in [5, 5.41) is 5.68. The highest BCUT2D eigenvalue weighted by Gasteiger charge is 2.22. The topological polar surface area (TPSA) is 24.9 Å². The monoisotopic (exact) mass is 300 g/mol. The van der Waals surface area contributed by atoms with Crippen molar-refractivity contribution in [2.24, 2.45) is 0 Å². The van der Waals surface area contributed by atoms with Gasteiger partial charge in [-0.25, -0.2) is 18.2 Å². The molecule has 1 aromatic heterocycles. The van der Waals surface area contributed by atoms with Gasteiger partial charge in [-0.15, -0.1) is 11.3 Å². The summed E-state index contributed by atoms with van der Waals surface area (Å²) in [6.45, 7) is 2.58. The number of rotatable bonds is 6. The van der Waals surface area contributed by atoms with Gasteiger partial charge < -0.3 is 5.32 Å². The fourth-order valence-corrected chi connectivity index (χ4v) is 2.67. The van der Waals surface area contributed by atoms with Crippen LogP contribution in [0, 0.1) is 17.5 Å². The van der Waals surface area contributed by atoms with Crippen LogP contribution in [-0.2, 0) is 6.42 Å². The Hall–Kier alpha value is -1.40. The van der Waals surface area contributed by atoms with Crippen molar-refractivity contribution in [3.8, 4) is 0 Å². The molecule has 0 fully saturated rings. The number of hydrogen-bond donors (Lipinski definition) is 1. The van der Waals surface area contributed by atoms with E-state index in [1.54, 1.807) is 6.20 Å². The van der Waals surface area contributed by atoms with Gasteiger partial charge in [0.15, 0.2) is 0 Å². The summed E-state index contributed by atoms with van der Waals surface area (Å²) in [6, 6.07) is 0.864. The number of thiazole rings is 1. The molecule has 1 N–H and O–H groups in total. The minimum absolute atomic E-state index is 0.130. The van der Waals surface area contributed by atoms with E-state index in [2.05, 4.69) is 10.3 Å². The van der Waals surface area contributed by atoms with E-state index in [4.69, 9.17) is 0 Å². The summed E-state index contributed by atoms with van der Waals surface area (Å²) >= 11 is 1.42. The molecule has 108 valence electrons. The molecule has 0 spiro atoms. The number of halogens is 3. The van der Waals surface area contributed by atoms with Gasteiger partial charge >= 0.3 is 0 Å². The number of nitrogens with zero attached hydrogens (tertiary/aromatic N) is 1. The van der Waals surface area contributed by atoms with Crippen molar-refractivity contribution in [2.75, 3.05) is 6.54 Å². The first kappa shape index (κ1) is 15.0. The van der Waals surface area contributed by atoms with E-state index in [1.807, 2.05) is 12.3 Å². The lowest BCUT2D eigenvalue weighted by Gasteiger charge is -2.19. The number of aromatic nitrogens is 1. The highest BCUT2D eigenvalue weighted by atomic mass is 32.1. The third-order valence-electron chi connectivity index (χ3n) is 2.90. The van der Waals surface area contributed by atoms with E-state index in [0.717, 1.165) is 11.4 Å². The van der Waals surface area contributed by atoms with Crippen LogP contribution in [0.3, 0.4) is 0 Å². The van der Waals surface area contributed by atoms with Crippen molar-refractivity contribution in [1.82, 2.24) is 10.3 Å². The van der Waals surface area contributed by atoms with Crippen molar-refractivity contribution in [2.45, 2.75) is 25.8 Å². The largest absolute Gasteiger partial charge is 0.309 e. The van der Waals surface area contributed by atoms with Crippen LogP contribution < -0.4 is 5.32 Å². The molecule has 2 nitrogen and oxygen atoms in total. The Kier molecular flexibility index (Phi) is 5.14. The van der Waals surface area contributed by atoms with E-state index < -0.39 is 23.5 Å². The lowest BCUT2D eigenvalue weighted by atomic mass is 10.0. The van der Waals surface area contributed by atoms with Crippen molar-refractivity contribution in [1.29, 1.82) is 0 Å². The molecule has 2 aromatic rings. The Balaban J connectivity index is 2.30. The Morgan fingerprint density at radius 1 is 1.25 bits per heavy atom. The van der Waals surface area contributed by atoms with Crippen molar-refractivity contribution in [3.05, 3.63) is 51.7 Å². The van der Waals surface area contributed by atoms with Crippen LogP contribution in [0.15, 0.2) is 23.7 Å². The summed E-state index contributed by atoms with van der Waals surface area (Å²) in [5.41, 5.74) is -0.130. The lowest BCUT2D eigenvalue weighted by Crippen LogP contribution is -2.26. The standard InChI is InChI=1S/C14H15F3N2S/c1-2-3-18-12(8-13-19-4-5-20-13)14-10(16)6-9(15)7-11(14)17/h4-7,12,18H,2-3,8H2,1H3. The average molecular weight is 300 g/mol. The molecule has 1 unspecified atom stereocenters. The maximum atomic E-state index is 13.9. The highest BCUT2D eigenvalue weighted by molar-refractivity contribution is 7.09. The molecule has 0 amide bonds. The van der Waals surface area contributed by atoms with Gasteiger partial charge in [0.05, 0.1) is 5.01 Å². The van der Waals surface area contributed by atoms with Crippen LogP contribution in [0.1, 0.15) is 30.0 Å². The molecule has 0 saturated carbocycles. The van der Waals surface area contributed by atoms with Crippen LogP contribution in [0.4, 0.5) is 13.2 Å². The van der Waals surface area contributed by atoms with Gasteiger partial charge in [0.25, 0.3) is 0 Å². The molecule has 1 atom stereocenters. The SMILES string of the molecule is CCCNC(Cc1nccs1)c1c(F)cc(F)cc1F. The molecule has 2 rings (SSSR count). The number of nitrogens with one attached hydrogen (secondary N) is 1. The van der Waals surface area contributed by atoms with Crippen LogP contribution in [0.2, 0.25) is 0 Å². The third-order valence-corrected chi connectivity index (χ3v) is 3.70. The zero-order valence-electron chi connectivity index (χ0n) is 11.0. The lowest BCUT2D eigenvalue weighted by molar-refractivity contribution is 0.454. The summed E-state index contributed by atoms with van der Waals surface area (Å²) in [5.74, 6) is -2.65. The Labute approximate surface area is 119 Å². The predicted octanol–water partition coefficient (Wildman–Crippen LogP) is 3.84. The first-order valence-electron chi connectivity index (χ1n) is 6.38. The molecule has 1 aromatic carbocycles. The fourth-order valence-electron chi connectivity index (χ4n) is 2.01. The van der Waals surface area contributed by atoms with E-state index >= 15 is 0 Å². The first-order valence-corrected chi connectivity index (χ1v) is 7.26. The predicted molar refractivity (Wildman–Crippen MR) is 73.2 cm³/mol. The summed E-state index contributed by atoms with van der Waals surface area (Å²) in [6.07, 6.45) is 2.85. The van der Waals surface area contributed by atoms with Crippen LogP contribution in [0.25, 0.3) is 0 Å². The second-order valence-corrected chi connectivity index (χ2v) is 5.40. The first-order chi connectivity index (χ1) is 9.61. The smallest absolute Gasteiger partial charge is 0.133 e. The molecule has 6 heteroatoms. The van der Waals surface area contributed by atoms with Crippen molar-refractivity contribution < 1.29 is 13.2 Å². The van der Waals surface area contributed by atoms with Gasteiger partial charge in [0.1, 0.15) is 17.5 Å². The van der Waals surface area contributed by atoms with E-state index in [-0.39, 0.29) is 5.56 Å². The minimum atomic E-state index is -0.910. The maximum Gasteiger partial charge on any atom is 0.133 e. The Morgan fingerprint density at radius 2 is 1.95 bits per heavy atom. The molecule has 1 heterocycles. The molecule has 0 radical (unpaired) electrons. The van der Waals surface area contributed by atoms with Crippen LogP contribution >= 0.6 is 11.3 Å². The molecule has 0 aliphatic rings. The molecule has 0 aliphatic carbocycles. The minimum Gasteiger partial charge on any atom is -0.309 e. The average Bonchev–Trinajstić information content (AvgIpc) is 2.87. The second-order valence-electron chi connectivity index (χ2n) is 4.42. The number of hydrogen-bond acceptors (Lipinski definition) is 3. The number of benzene rings is 1. The maximum absolute atomic E-state index is 13.9. The Bertz CT molecular complexity index is 535. The molecular formula is C14H15F3N2S. The molecule has 20 heavy (non-hydrogen) atoms. The summed E-state index contributed by atoms with van der Waals surface area (Å²) in [7, 11) is 0. The molecule has 0 aliphatic heterocycles. The van der Waals surface area contributed by atoms with Crippen LogP contribution in [-0.4, -0.2) is 11.5 Å².